The molecule has 0 saturated heterocycles. The van der Waals surface area contributed by atoms with Crippen molar-refractivity contribution < 1.29 is 28.1 Å². The van der Waals surface area contributed by atoms with Crippen LogP contribution in [-0.2, 0) is 9.59 Å². The summed E-state index contributed by atoms with van der Waals surface area (Å²) in [4.78, 5) is 23.5. The molecule has 0 aromatic heterocycles. The second kappa shape index (κ2) is 9.00. The number of benzene rings is 2. The number of rotatable bonds is 7. The summed E-state index contributed by atoms with van der Waals surface area (Å²) in [6.45, 7) is 1.41. The third kappa shape index (κ3) is 5.89. The summed E-state index contributed by atoms with van der Waals surface area (Å²) < 4.78 is 39.4. The molecule has 138 valence electrons. The number of hydrogen-bond donors (Lipinski definition) is 3. The molecule has 2 aromatic carbocycles. The summed E-state index contributed by atoms with van der Waals surface area (Å²) in [6, 6.07) is 8.11. The van der Waals surface area contributed by atoms with Gasteiger partial charge in [0.25, 0.3) is 5.91 Å². The fraction of sp³-hybridized carbons (Fsp3) is 0.222. The number of nitrogens with one attached hydrogen (secondary N) is 2. The molecule has 0 radical (unpaired) electrons. The van der Waals surface area contributed by atoms with Crippen molar-refractivity contribution in [2.75, 3.05) is 18.4 Å². The molecule has 0 heterocycles. The van der Waals surface area contributed by atoms with Crippen LogP contribution >= 0.6 is 0 Å². The summed E-state index contributed by atoms with van der Waals surface area (Å²) in [5.41, 5.74) is 0.700. The number of anilines is 1. The molecule has 26 heavy (non-hydrogen) atoms. The number of amides is 2. The maximum Gasteiger partial charge on any atom is 0.275 e. The Hall–Kier alpha value is -2.87. The number of quaternary nitrogens is 1. The molecule has 0 aliphatic carbocycles. The van der Waals surface area contributed by atoms with Crippen molar-refractivity contribution in [3.8, 4) is 0 Å². The molecule has 0 aliphatic rings. The van der Waals surface area contributed by atoms with Crippen molar-refractivity contribution in [2.24, 2.45) is 0 Å². The van der Waals surface area contributed by atoms with E-state index in [9.17, 15) is 22.8 Å². The molecule has 1 atom stereocenters. The summed E-state index contributed by atoms with van der Waals surface area (Å²) in [6.07, 6.45) is 0. The van der Waals surface area contributed by atoms with Crippen LogP contribution in [0.5, 0.6) is 0 Å². The Morgan fingerprint density at radius 1 is 1.00 bits per heavy atom. The van der Waals surface area contributed by atoms with Gasteiger partial charge in [-0.25, -0.2) is 13.2 Å². The van der Waals surface area contributed by atoms with Gasteiger partial charge >= 0.3 is 0 Å². The van der Waals surface area contributed by atoms with Crippen molar-refractivity contribution >= 4 is 17.5 Å². The lowest BCUT2D eigenvalue weighted by molar-refractivity contribution is -0.682. The highest BCUT2D eigenvalue weighted by atomic mass is 19.1. The Labute approximate surface area is 148 Å². The SMILES string of the molecule is C[C@H]([NH2+]CC(=O)NCC(=O)Nc1ccc(F)cc1)c1ccc(F)cc1F. The minimum absolute atomic E-state index is 0.0260. The van der Waals surface area contributed by atoms with Gasteiger partial charge in [-0.1, -0.05) is 0 Å². The van der Waals surface area contributed by atoms with Gasteiger partial charge in [0, 0.05) is 17.3 Å². The van der Waals surface area contributed by atoms with Crippen LogP contribution in [0.1, 0.15) is 18.5 Å². The molecule has 0 fully saturated rings. The second-order valence-electron chi connectivity index (χ2n) is 5.73. The number of halogens is 3. The average Bonchev–Trinajstić information content (AvgIpc) is 2.60. The fourth-order valence-corrected chi connectivity index (χ4v) is 2.27. The van der Waals surface area contributed by atoms with Gasteiger partial charge in [-0.15, -0.1) is 0 Å². The van der Waals surface area contributed by atoms with E-state index in [0.717, 1.165) is 12.1 Å². The van der Waals surface area contributed by atoms with Gasteiger partial charge < -0.3 is 16.0 Å². The van der Waals surface area contributed by atoms with Crippen molar-refractivity contribution in [1.82, 2.24) is 5.32 Å². The molecule has 0 saturated carbocycles. The van der Waals surface area contributed by atoms with Gasteiger partial charge in [0.2, 0.25) is 5.91 Å². The molecule has 0 spiro atoms. The second-order valence-corrected chi connectivity index (χ2v) is 5.73. The van der Waals surface area contributed by atoms with Crippen molar-refractivity contribution in [1.29, 1.82) is 0 Å². The highest BCUT2D eigenvalue weighted by Gasteiger charge is 2.16. The zero-order chi connectivity index (χ0) is 19.1. The van der Waals surface area contributed by atoms with Crippen molar-refractivity contribution in [3.05, 3.63) is 65.5 Å². The van der Waals surface area contributed by atoms with E-state index < -0.39 is 35.3 Å². The molecule has 5 nitrogen and oxygen atoms in total. The molecule has 2 amide bonds. The van der Waals surface area contributed by atoms with Gasteiger partial charge in [-0.2, -0.15) is 0 Å². The molecule has 2 rings (SSSR count). The minimum atomic E-state index is -0.673. The van der Waals surface area contributed by atoms with Crippen LogP contribution in [0.3, 0.4) is 0 Å². The molecular formula is C18H19F3N3O2+. The third-order valence-corrected chi connectivity index (χ3v) is 3.68. The predicted molar refractivity (Wildman–Crippen MR) is 89.6 cm³/mol. The quantitative estimate of drug-likeness (QED) is 0.695. The van der Waals surface area contributed by atoms with E-state index in [1.54, 1.807) is 12.2 Å². The molecule has 8 heteroatoms. The smallest absolute Gasteiger partial charge is 0.275 e. The fourth-order valence-electron chi connectivity index (χ4n) is 2.27. The van der Waals surface area contributed by atoms with Crippen LogP contribution in [0.2, 0.25) is 0 Å². The standard InChI is InChI=1S/C18H18F3N3O2/c1-11(15-7-4-13(20)8-16(15)21)22-9-17(25)23-10-18(26)24-14-5-2-12(19)3-6-14/h2-8,11,22H,9-10H2,1H3,(H,23,25)(H,24,26)/p+1/t11-/m0/s1. The Morgan fingerprint density at radius 2 is 1.65 bits per heavy atom. The van der Waals surface area contributed by atoms with E-state index in [2.05, 4.69) is 10.6 Å². The van der Waals surface area contributed by atoms with Crippen LogP contribution in [0, 0.1) is 17.5 Å². The largest absolute Gasteiger partial charge is 0.342 e. The Kier molecular flexibility index (Phi) is 6.74. The predicted octanol–water partition coefficient (Wildman–Crippen LogP) is 1.48. The van der Waals surface area contributed by atoms with Crippen LogP contribution in [0.4, 0.5) is 18.9 Å². The first kappa shape index (κ1) is 19.5. The van der Waals surface area contributed by atoms with E-state index in [1.165, 1.54) is 30.3 Å². The van der Waals surface area contributed by atoms with E-state index in [1.807, 2.05) is 0 Å². The zero-order valence-electron chi connectivity index (χ0n) is 14.1. The van der Waals surface area contributed by atoms with Crippen LogP contribution < -0.4 is 16.0 Å². The van der Waals surface area contributed by atoms with E-state index in [0.29, 0.717) is 5.69 Å². The molecule has 2 aromatic rings. The highest BCUT2D eigenvalue weighted by molar-refractivity contribution is 5.94. The molecule has 0 bridgehead atoms. The zero-order valence-corrected chi connectivity index (χ0v) is 14.1. The van der Waals surface area contributed by atoms with Gasteiger partial charge in [0.15, 0.2) is 6.54 Å². The number of hydrogen-bond acceptors (Lipinski definition) is 2. The first-order valence-electron chi connectivity index (χ1n) is 7.95. The lowest BCUT2D eigenvalue weighted by Gasteiger charge is -2.12. The average molecular weight is 366 g/mol. The first-order valence-corrected chi connectivity index (χ1v) is 7.95. The molecule has 0 aliphatic heterocycles. The van der Waals surface area contributed by atoms with Gasteiger partial charge in [0.1, 0.15) is 23.5 Å². The van der Waals surface area contributed by atoms with Gasteiger partial charge in [0.05, 0.1) is 6.54 Å². The maximum atomic E-state index is 13.7. The highest BCUT2D eigenvalue weighted by Crippen LogP contribution is 2.14. The molecular weight excluding hydrogens is 347 g/mol. The number of carbonyl (C=O) groups excluding carboxylic acids is 2. The number of nitrogens with two attached hydrogens (primary N) is 1. The van der Waals surface area contributed by atoms with Crippen LogP contribution in [-0.4, -0.2) is 24.9 Å². The summed E-state index contributed by atoms with van der Waals surface area (Å²) in [5.74, 6) is -2.62. The Balaban J connectivity index is 1.74. The topological polar surface area (TPSA) is 74.8 Å². The van der Waals surface area contributed by atoms with Gasteiger partial charge in [-0.3, -0.25) is 9.59 Å². The maximum absolute atomic E-state index is 13.7. The third-order valence-electron chi connectivity index (χ3n) is 3.68. The summed E-state index contributed by atoms with van der Waals surface area (Å²) in [7, 11) is 0. The van der Waals surface area contributed by atoms with Crippen molar-refractivity contribution in [2.45, 2.75) is 13.0 Å². The van der Waals surface area contributed by atoms with Gasteiger partial charge in [-0.05, 0) is 43.3 Å². The van der Waals surface area contributed by atoms with E-state index in [4.69, 9.17) is 0 Å². The first-order chi connectivity index (χ1) is 12.3. The number of carbonyl (C=O) groups is 2. The van der Waals surface area contributed by atoms with Crippen LogP contribution in [0.25, 0.3) is 0 Å². The normalized spacial score (nSPS) is 11.7. The Morgan fingerprint density at radius 3 is 2.31 bits per heavy atom. The molecule has 4 N–H and O–H groups in total. The lowest BCUT2D eigenvalue weighted by atomic mass is 10.1. The summed E-state index contributed by atoms with van der Waals surface area (Å²) >= 11 is 0. The van der Waals surface area contributed by atoms with Crippen molar-refractivity contribution in [3.63, 3.8) is 0 Å². The molecule has 0 unspecified atom stereocenters. The minimum Gasteiger partial charge on any atom is -0.342 e. The van der Waals surface area contributed by atoms with E-state index in [-0.39, 0.29) is 18.7 Å². The Bertz CT molecular complexity index is 782. The monoisotopic (exact) mass is 366 g/mol. The van der Waals surface area contributed by atoms with E-state index >= 15 is 0 Å². The van der Waals surface area contributed by atoms with Crippen LogP contribution in [0.15, 0.2) is 42.5 Å². The lowest BCUT2D eigenvalue weighted by Crippen LogP contribution is -2.87. The summed E-state index contributed by atoms with van der Waals surface area (Å²) in [5, 5.41) is 6.52.